The van der Waals surface area contributed by atoms with Crippen LogP contribution in [0.15, 0.2) is 47.1 Å². The number of fused-ring (bicyclic) bond motifs is 3. The molecule has 0 saturated carbocycles. The normalized spacial score (nSPS) is 18.7. The number of halogens is 3. The highest BCUT2D eigenvalue weighted by Crippen LogP contribution is 2.52. The molecule has 1 saturated heterocycles. The monoisotopic (exact) mass is 558 g/mol. The van der Waals surface area contributed by atoms with Crippen LogP contribution < -0.4 is 5.32 Å². The summed E-state index contributed by atoms with van der Waals surface area (Å²) in [6, 6.07) is 8.68. The van der Waals surface area contributed by atoms with E-state index < -0.39 is 18.1 Å². The van der Waals surface area contributed by atoms with Crippen LogP contribution >= 0.6 is 15.9 Å². The minimum absolute atomic E-state index is 0.0240. The Bertz CT molecular complexity index is 1360. The van der Waals surface area contributed by atoms with Crippen molar-refractivity contribution in [2.75, 3.05) is 6.54 Å². The molecule has 0 unspecified atom stereocenters. The molecule has 2 atom stereocenters. The van der Waals surface area contributed by atoms with E-state index in [1.165, 1.54) is 12.1 Å². The molecule has 2 aromatic carbocycles. The molecule has 0 spiro atoms. The van der Waals surface area contributed by atoms with Gasteiger partial charge in [-0.3, -0.25) is 4.79 Å². The summed E-state index contributed by atoms with van der Waals surface area (Å²) in [7, 11) is 0. The van der Waals surface area contributed by atoms with Crippen molar-refractivity contribution in [2.45, 2.75) is 44.7 Å². The standard InChI is InChI=1S/C26H25BrF2N4O3/c1-13(2)22(32-25(35)36)24(34)33-9-3-4-21(33)23-30-12-20(31-23)14-5-7-16-17-8-6-15(27)11-19(17)26(28,29)18(16)10-14/h5-8,10-13,21-22,32H,3-4,9H2,1-2H3,(H,30,31)(H,35,36)/t21-,22-/m0/s1. The lowest BCUT2D eigenvalue weighted by molar-refractivity contribution is -0.135. The van der Waals surface area contributed by atoms with E-state index in [0.717, 1.165) is 6.42 Å². The van der Waals surface area contributed by atoms with Crippen LogP contribution in [-0.2, 0) is 10.7 Å². The smallest absolute Gasteiger partial charge is 0.405 e. The number of carbonyl (C=O) groups excluding carboxylic acids is 1. The van der Waals surface area contributed by atoms with Gasteiger partial charge in [0.05, 0.1) is 17.9 Å². The molecule has 3 aromatic rings. The summed E-state index contributed by atoms with van der Waals surface area (Å²) in [6.07, 6.45) is 1.76. The van der Waals surface area contributed by atoms with E-state index >= 15 is 8.78 Å². The maximum Gasteiger partial charge on any atom is 0.405 e. The third-order valence-corrected chi connectivity index (χ3v) is 7.43. The highest BCUT2D eigenvalue weighted by atomic mass is 79.9. The number of likely N-dealkylation sites (tertiary alicyclic amines) is 1. The zero-order valence-electron chi connectivity index (χ0n) is 19.7. The van der Waals surface area contributed by atoms with Gasteiger partial charge >= 0.3 is 6.09 Å². The van der Waals surface area contributed by atoms with Gasteiger partial charge in [0.2, 0.25) is 5.91 Å². The van der Waals surface area contributed by atoms with Gasteiger partial charge in [0.1, 0.15) is 11.9 Å². The Morgan fingerprint density at radius 1 is 1.19 bits per heavy atom. The Morgan fingerprint density at radius 3 is 2.58 bits per heavy atom. The minimum Gasteiger partial charge on any atom is -0.465 e. The van der Waals surface area contributed by atoms with Crippen molar-refractivity contribution < 1.29 is 23.5 Å². The van der Waals surface area contributed by atoms with Crippen LogP contribution in [0.1, 0.15) is 49.7 Å². The average Bonchev–Trinajstić information content (AvgIpc) is 3.55. The first-order chi connectivity index (χ1) is 17.1. The number of nitrogens with one attached hydrogen (secondary N) is 2. The molecule has 1 aliphatic heterocycles. The van der Waals surface area contributed by atoms with Gasteiger partial charge in [-0.25, -0.2) is 9.78 Å². The lowest BCUT2D eigenvalue weighted by Gasteiger charge is -2.29. The van der Waals surface area contributed by atoms with Gasteiger partial charge in [-0.2, -0.15) is 8.78 Å². The molecule has 0 bridgehead atoms. The maximum atomic E-state index is 15.3. The average molecular weight is 559 g/mol. The predicted molar refractivity (Wildman–Crippen MR) is 134 cm³/mol. The van der Waals surface area contributed by atoms with Crippen molar-refractivity contribution >= 4 is 27.9 Å². The molecule has 2 aliphatic rings. The van der Waals surface area contributed by atoms with Crippen LogP contribution in [0.25, 0.3) is 22.4 Å². The topological polar surface area (TPSA) is 98.3 Å². The van der Waals surface area contributed by atoms with Gasteiger partial charge in [0, 0.05) is 27.7 Å². The summed E-state index contributed by atoms with van der Waals surface area (Å²) >= 11 is 3.28. The molecular weight excluding hydrogens is 534 g/mol. The van der Waals surface area contributed by atoms with Crippen molar-refractivity contribution in [3.63, 3.8) is 0 Å². The summed E-state index contributed by atoms with van der Waals surface area (Å²) in [5.41, 5.74) is 2.09. The summed E-state index contributed by atoms with van der Waals surface area (Å²) in [5, 5.41) is 11.5. The van der Waals surface area contributed by atoms with Crippen molar-refractivity contribution in [1.29, 1.82) is 0 Å². The van der Waals surface area contributed by atoms with E-state index in [1.807, 2.05) is 0 Å². The van der Waals surface area contributed by atoms with Gasteiger partial charge in [0.15, 0.2) is 0 Å². The zero-order chi connectivity index (χ0) is 25.8. The molecule has 7 nitrogen and oxygen atoms in total. The number of carbonyl (C=O) groups is 2. The zero-order valence-corrected chi connectivity index (χ0v) is 21.3. The number of hydrogen-bond donors (Lipinski definition) is 3. The van der Waals surface area contributed by atoms with Crippen molar-refractivity contribution in [3.8, 4) is 22.4 Å². The number of H-pyrrole nitrogens is 1. The number of alkyl halides is 2. The Kier molecular flexibility index (Phi) is 6.10. The Balaban J connectivity index is 1.43. The number of imidazole rings is 1. The Hall–Kier alpha value is -3.27. The quantitative estimate of drug-likeness (QED) is 0.362. The molecule has 1 fully saturated rings. The summed E-state index contributed by atoms with van der Waals surface area (Å²) < 4.78 is 31.2. The highest BCUT2D eigenvalue weighted by Gasteiger charge is 2.44. The van der Waals surface area contributed by atoms with Crippen molar-refractivity contribution in [3.05, 3.63) is 64.0 Å². The third-order valence-electron chi connectivity index (χ3n) is 6.94. The van der Waals surface area contributed by atoms with Crippen molar-refractivity contribution in [2.24, 2.45) is 5.92 Å². The first kappa shape index (κ1) is 24.4. The van der Waals surface area contributed by atoms with Gasteiger partial charge in [-0.05, 0) is 48.1 Å². The molecule has 10 heteroatoms. The number of amides is 2. The molecule has 1 aliphatic carbocycles. The molecule has 188 valence electrons. The van der Waals surface area contributed by atoms with E-state index in [0.29, 0.717) is 45.6 Å². The highest BCUT2D eigenvalue weighted by molar-refractivity contribution is 9.10. The summed E-state index contributed by atoms with van der Waals surface area (Å²) in [4.78, 5) is 33.7. The molecule has 2 heterocycles. The fourth-order valence-corrected chi connectivity index (χ4v) is 5.52. The summed E-state index contributed by atoms with van der Waals surface area (Å²) in [6.45, 7) is 4.06. The second kappa shape index (κ2) is 8.99. The molecule has 0 radical (unpaired) electrons. The van der Waals surface area contributed by atoms with Crippen LogP contribution in [0, 0.1) is 5.92 Å². The fraction of sp³-hybridized carbons (Fsp3) is 0.346. The van der Waals surface area contributed by atoms with E-state index in [1.54, 1.807) is 49.2 Å². The number of nitrogens with zero attached hydrogens (tertiary/aromatic N) is 2. The van der Waals surface area contributed by atoms with Crippen LogP contribution in [0.4, 0.5) is 13.6 Å². The van der Waals surface area contributed by atoms with Crippen LogP contribution in [0.2, 0.25) is 0 Å². The van der Waals surface area contributed by atoms with Crippen LogP contribution in [-0.4, -0.2) is 44.6 Å². The van der Waals surface area contributed by atoms with Gasteiger partial charge in [-0.1, -0.05) is 48.0 Å². The maximum absolute atomic E-state index is 15.3. The number of benzene rings is 2. The molecule has 2 amide bonds. The number of hydrogen-bond acceptors (Lipinski definition) is 3. The number of aromatic nitrogens is 2. The Labute approximate surface area is 215 Å². The van der Waals surface area contributed by atoms with Crippen LogP contribution in [0.5, 0.6) is 0 Å². The summed E-state index contributed by atoms with van der Waals surface area (Å²) in [5.74, 6) is -3.09. The Morgan fingerprint density at radius 2 is 1.89 bits per heavy atom. The number of carboxylic acid groups (broad SMARTS) is 1. The largest absolute Gasteiger partial charge is 0.465 e. The van der Waals surface area contributed by atoms with Gasteiger partial charge in [0.25, 0.3) is 5.92 Å². The second-order valence-electron chi connectivity index (χ2n) is 9.57. The molecule has 1 aromatic heterocycles. The SMILES string of the molecule is CC(C)[C@H](NC(=O)O)C(=O)N1CCC[C@H]1c1ncc(-c2ccc3c(c2)C(F)(F)c2cc(Br)ccc2-3)[nH]1. The lowest BCUT2D eigenvalue weighted by Crippen LogP contribution is -2.50. The minimum atomic E-state index is -3.12. The van der Waals surface area contributed by atoms with E-state index in [-0.39, 0.29) is 29.0 Å². The van der Waals surface area contributed by atoms with E-state index in [4.69, 9.17) is 5.11 Å². The number of aromatic amines is 1. The fourth-order valence-electron chi connectivity index (χ4n) is 5.16. The second-order valence-corrected chi connectivity index (χ2v) is 10.5. The molecule has 5 rings (SSSR count). The van der Waals surface area contributed by atoms with Crippen LogP contribution in [0.3, 0.4) is 0 Å². The third kappa shape index (κ3) is 4.07. The van der Waals surface area contributed by atoms with E-state index in [9.17, 15) is 9.59 Å². The number of rotatable bonds is 5. The first-order valence-electron chi connectivity index (χ1n) is 11.8. The molecular formula is C26H25BrF2N4O3. The van der Waals surface area contributed by atoms with E-state index in [2.05, 4.69) is 31.2 Å². The lowest BCUT2D eigenvalue weighted by atomic mass is 10.0. The van der Waals surface area contributed by atoms with Crippen molar-refractivity contribution in [1.82, 2.24) is 20.2 Å². The molecule has 36 heavy (non-hydrogen) atoms. The predicted octanol–water partition coefficient (Wildman–Crippen LogP) is 5.92. The molecule has 3 N–H and O–H groups in total. The van der Waals surface area contributed by atoms with Gasteiger partial charge in [-0.15, -0.1) is 0 Å². The first-order valence-corrected chi connectivity index (χ1v) is 12.5. The van der Waals surface area contributed by atoms with Gasteiger partial charge < -0.3 is 20.3 Å².